The Balaban J connectivity index is 2.32. The van der Waals surface area contributed by atoms with Gasteiger partial charge in [0.15, 0.2) is 5.16 Å². The van der Waals surface area contributed by atoms with Crippen LogP contribution in [0.25, 0.3) is 0 Å². The first-order valence-electron chi connectivity index (χ1n) is 7.84. The van der Waals surface area contributed by atoms with Gasteiger partial charge < -0.3 is 15.0 Å². The number of methoxy groups -OCH3 is 1. The lowest BCUT2D eigenvalue weighted by molar-refractivity contribution is -0.139. The van der Waals surface area contributed by atoms with E-state index < -0.39 is 28.7 Å². The molecule has 0 bridgehead atoms. The molecule has 0 saturated carbocycles. The van der Waals surface area contributed by atoms with Gasteiger partial charge in [-0.1, -0.05) is 42.1 Å². The Morgan fingerprint density at radius 2 is 1.96 bits per heavy atom. The standard InChI is InChI=1S/C17H18N4O5S/c1-18-16(25)21-15(24)14(10-6-4-3-5-7-10)27-17-19-11(8-12(22)20-17)9-13(23)26-2/h3-8,14H,9H2,1-2H3,(H,19,20,22)(H2,18,21,24,25)/t14-/m1/s1. The van der Waals surface area contributed by atoms with E-state index in [9.17, 15) is 19.2 Å². The van der Waals surface area contributed by atoms with E-state index in [2.05, 4.69) is 25.3 Å². The Kier molecular flexibility index (Phi) is 7.12. The third kappa shape index (κ3) is 5.96. The number of H-pyrrole nitrogens is 1. The molecule has 2 rings (SSSR count). The number of aromatic nitrogens is 2. The average Bonchev–Trinajstić information content (AvgIpc) is 2.66. The van der Waals surface area contributed by atoms with Crippen LogP contribution in [0, 0.1) is 0 Å². The number of nitrogens with one attached hydrogen (secondary N) is 3. The number of aromatic amines is 1. The molecule has 0 fully saturated rings. The van der Waals surface area contributed by atoms with Crippen LogP contribution in [0.3, 0.4) is 0 Å². The first-order chi connectivity index (χ1) is 12.9. The summed E-state index contributed by atoms with van der Waals surface area (Å²) in [5, 5.41) is 3.82. The van der Waals surface area contributed by atoms with Gasteiger partial charge in [0.05, 0.1) is 19.2 Å². The van der Waals surface area contributed by atoms with Crippen LogP contribution in [-0.2, 0) is 20.7 Å². The molecule has 3 amide bonds. The summed E-state index contributed by atoms with van der Waals surface area (Å²) in [5.41, 5.74) is 0.362. The number of rotatable bonds is 6. The van der Waals surface area contributed by atoms with Gasteiger partial charge in [-0.3, -0.25) is 19.7 Å². The lowest BCUT2D eigenvalue weighted by Crippen LogP contribution is -2.39. The van der Waals surface area contributed by atoms with Crippen LogP contribution in [0.2, 0.25) is 0 Å². The Hall–Kier alpha value is -3.14. The maximum absolute atomic E-state index is 12.5. The number of carbonyl (C=O) groups excluding carboxylic acids is 3. The van der Waals surface area contributed by atoms with Gasteiger partial charge in [-0.15, -0.1) is 0 Å². The largest absolute Gasteiger partial charge is 0.469 e. The molecule has 0 spiro atoms. The summed E-state index contributed by atoms with van der Waals surface area (Å²) in [4.78, 5) is 54.0. The van der Waals surface area contributed by atoms with Crippen LogP contribution in [0.15, 0.2) is 46.3 Å². The summed E-state index contributed by atoms with van der Waals surface area (Å²) in [5.74, 6) is -1.12. The summed E-state index contributed by atoms with van der Waals surface area (Å²) in [6, 6.07) is 9.26. The molecular weight excluding hydrogens is 372 g/mol. The van der Waals surface area contributed by atoms with Gasteiger partial charge in [0, 0.05) is 13.1 Å². The van der Waals surface area contributed by atoms with Gasteiger partial charge in [0.25, 0.3) is 5.56 Å². The molecule has 142 valence electrons. The van der Waals surface area contributed by atoms with E-state index in [0.717, 1.165) is 11.8 Å². The number of hydrogen-bond acceptors (Lipinski definition) is 7. The van der Waals surface area contributed by atoms with Crippen molar-refractivity contribution in [3.63, 3.8) is 0 Å². The molecular formula is C17H18N4O5S. The highest BCUT2D eigenvalue weighted by Crippen LogP contribution is 2.33. The molecule has 0 aliphatic rings. The zero-order valence-corrected chi connectivity index (χ0v) is 15.5. The fraction of sp³-hybridized carbons (Fsp3) is 0.235. The predicted octanol–water partition coefficient (Wildman–Crippen LogP) is 0.774. The van der Waals surface area contributed by atoms with Crippen molar-refractivity contribution in [2.24, 2.45) is 0 Å². The number of nitrogens with zero attached hydrogens (tertiary/aromatic N) is 1. The SMILES string of the molecule is CNC(=O)NC(=O)[C@H](Sc1nc(CC(=O)OC)cc(=O)[nH]1)c1ccccc1. The molecule has 2 aromatic rings. The minimum absolute atomic E-state index is 0.141. The Bertz CT molecular complexity index is 884. The van der Waals surface area contributed by atoms with Crippen LogP contribution in [-0.4, -0.2) is 42.0 Å². The Morgan fingerprint density at radius 3 is 2.59 bits per heavy atom. The number of ether oxygens (including phenoxy) is 1. The van der Waals surface area contributed by atoms with Gasteiger partial charge in [-0.2, -0.15) is 0 Å². The molecule has 9 nitrogen and oxygen atoms in total. The van der Waals surface area contributed by atoms with Crippen molar-refractivity contribution in [3.8, 4) is 0 Å². The summed E-state index contributed by atoms with van der Waals surface area (Å²) >= 11 is 0.955. The van der Waals surface area contributed by atoms with E-state index in [1.165, 1.54) is 20.2 Å². The van der Waals surface area contributed by atoms with Crippen LogP contribution in [0.1, 0.15) is 16.5 Å². The fourth-order valence-electron chi connectivity index (χ4n) is 2.10. The van der Waals surface area contributed by atoms with Gasteiger partial charge in [-0.25, -0.2) is 9.78 Å². The number of hydrogen-bond donors (Lipinski definition) is 3. The van der Waals surface area contributed by atoms with E-state index in [-0.39, 0.29) is 17.3 Å². The average molecular weight is 390 g/mol. The topological polar surface area (TPSA) is 130 Å². The maximum atomic E-state index is 12.5. The molecule has 0 unspecified atom stereocenters. The predicted molar refractivity (Wildman–Crippen MR) is 98.2 cm³/mol. The van der Waals surface area contributed by atoms with Crippen LogP contribution < -0.4 is 16.2 Å². The molecule has 3 N–H and O–H groups in total. The van der Waals surface area contributed by atoms with Gasteiger partial charge in [-0.05, 0) is 5.56 Å². The van der Waals surface area contributed by atoms with Crippen molar-refractivity contribution in [2.45, 2.75) is 16.8 Å². The number of thioether (sulfide) groups is 1. The molecule has 1 aromatic carbocycles. The number of urea groups is 1. The number of imide groups is 1. The molecule has 0 aliphatic carbocycles. The van der Waals surface area contributed by atoms with Crippen molar-refractivity contribution in [3.05, 3.63) is 58.0 Å². The van der Waals surface area contributed by atoms with E-state index >= 15 is 0 Å². The second kappa shape index (κ2) is 9.53. The molecule has 1 heterocycles. The smallest absolute Gasteiger partial charge is 0.321 e. The molecule has 1 atom stereocenters. The monoisotopic (exact) mass is 390 g/mol. The normalized spacial score (nSPS) is 11.3. The number of esters is 1. The van der Waals surface area contributed by atoms with E-state index in [0.29, 0.717) is 5.56 Å². The number of carbonyl (C=O) groups is 3. The third-order valence-electron chi connectivity index (χ3n) is 3.36. The van der Waals surface area contributed by atoms with Crippen molar-refractivity contribution in [1.29, 1.82) is 0 Å². The quantitative estimate of drug-likeness (QED) is 0.377. The van der Waals surface area contributed by atoms with Crippen molar-refractivity contribution < 1.29 is 19.1 Å². The van der Waals surface area contributed by atoms with Gasteiger partial charge in [0.2, 0.25) is 5.91 Å². The third-order valence-corrected chi connectivity index (χ3v) is 4.50. The minimum atomic E-state index is -0.847. The second-order valence-electron chi connectivity index (χ2n) is 5.27. The maximum Gasteiger partial charge on any atom is 0.321 e. The highest BCUT2D eigenvalue weighted by molar-refractivity contribution is 8.00. The first kappa shape index (κ1) is 20.2. The zero-order valence-electron chi connectivity index (χ0n) is 14.6. The van der Waals surface area contributed by atoms with E-state index in [4.69, 9.17) is 0 Å². The first-order valence-corrected chi connectivity index (χ1v) is 8.72. The van der Waals surface area contributed by atoms with Crippen LogP contribution in [0.5, 0.6) is 0 Å². The number of amides is 3. The molecule has 0 saturated heterocycles. The molecule has 1 aromatic heterocycles. The van der Waals surface area contributed by atoms with Crippen molar-refractivity contribution >= 4 is 29.7 Å². The van der Waals surface area contributed by atoms with Crippen LogP contribution >= 0.6 is 11.8 Å². The second-order valence-corrected chi connectivity index (χ2v) is 6.37. The van der Waals surface area contributed by atoms with Crippen molar-refractivity contribution in [1.82, 2.24) is 20.6 Å². The lowest BCUT2D eigenvalue weighted by Gasteiger charge is -2.16. The lowest BCUT2D eigenvalue weighted by atomic mass is 10.1. The molecule has 0 aliphatic heterocycles. The fourth-order valence-corrected chi connectivity index (χ4v) is 3.11. The zero-order chi connectivity index (χ0) is 19.8. The van der Waals surface area contributed by atoms with Crippen LogP contribution in [0.4, 0.5) is 4.79 Å². The van der Waals surface area contributed by atoms with E-state index in [1.807, 2.05) is 0 Å². The highest BCUT2D eigenvalue weighted by Gasteiger charge is 2.25. The van der Waals surface area contributed by atoms with Gasteiger partial charge in [0.1, 0.15) is 5.25 Å². The van der Waals surface area contributed by atoms with Gasteiger partial charge >= 0.3 is 12.0 Å². The van der Waals surface area contributed by atoms with Crippen molar-refractivity contribution in [2.75, 3.05) is 14.2 Å². The minimum Gasteiger partial charge on any atom is -0.469 e. The molecule has 0 radical (unpaired) electrons. The highest BCUT2D eigenvalue weighted by atomic mass is 32.2. The Morgan fingerprint density at radius 1 is 1.26 bits per heavy atom. The molecule has 27 heavy (non-hydrogen) atoms. The van der Waals surface area contributed by atoms with E-state index in [1.54, 1.807) is 30.3 Å². The summed E-state index contributed by atoms with van der Waals surface area (Å²) in [7, 11) is 2.63. The molecule has 10 heteroatoms. The number of benzene rings is 1. The Labute approximate surface area is 158 Å². The summed E-state index contributed by atoms with van der Waals surface area (Å²) in [6.45, 7) is 0. The summed E-state index contributed by atoms with van der Waals surface area (Å²) in [6.07, 6.45) is -0.172. The summed E-state index contributed by atoms with van der Waals surface area (Å²) < 4.78 is 4.57.